The van der Waals surface area contributed by atoms with Crippen LogP contribution in [0, 0.1) is 6.92 Å². The molecule has 39 heavy (non-hydrogen) atoms. The van der Waals surface area contributed by atoms with E-state index in [1.807, 2.05) is 0 Å². The summed E-state index contributed by atoms with van der Waals surface area (Å²) < 4.78 is 29.4. The van der Waals surface area contributed by atoms with Crippen LogP contribution in [-0.2, 0) is 35.4 Å². The first-order chi connectivity index (χ1) is 18.0. The minimum atomic E-state index is -4.34. The first-order valence-corrected chi connectivity index (χ1v) is 14.5. The van der Waals surface area contributed by atoms with Crippen LogP contribution in [0.3, 0.4) is 0 Å². The summed E-state index contributed by atoms with van der Waals surface area (Å²) >= 11 is 0. The summed E-state index contributed by atoms with van der Waals surface area (Å²) in [6.45, 7) is 4.45. The predicted octanol–water partition coefficient (Wildman–Crippen LogP) is 2.78. The van der Waals surface area contributed by atoms with E-state index < -0.39 is 37.4 Å². The van der Waals surface area contributed by atoms with Crippen molar-refractivity contribution in [1.29, 1.82) is 0 Å². The zero-order chi connectivity index (χ0) is 28.1. The summed E-state index contributed by atoms with van der Waals surface area (Å²) in [7, 11) is 1.94. The molecule has 0 saturated carbocycles. The maximum atomic E-state index is 12.3. The molecule has 1 radical (unpaired) electrons. The number of phosphoric acid groups is 1. The van der Waals surface area contributed by atoms with Gasteiger partial charge in [-0.15, -0.1) is 0 Å². The fourth-order valence-corrected chi connectivity index (χ4v) is 4.85. The Bertz CT molecular complexity index is 1080. The average molecular weight is 623 g/mol. The van der Waals surface area contributed by atoms with Gasteiger partial charge in [-0.3, -0.25) is 23.4 Å². The van der Waals surface area contributed by atoms with Gasteiger partial charge in [0.05, 0.1) is 25.4 Å². The second-order valence-corrected chi connectivity index (χ2v) is 11.4. The molecule has 2 rings (SSSR count). The smallest absolute Gasteiger partial charge is 0.352 e. The van der Waals surface area contributed by atoms with E-state index in [9.17, 15) is 19.0 Å². The van der Waals surface area contributed by atoms with Gasteiger partial charge in [0.1, 0.15) is 6.23 Å². The molecule has 1 saturated heterocycles. The number of nitrogens with one attached hydrogen (secondary N) is 1. The summed E-state index contributed by atoms with van der Waals surface area (Å²) in [5, 5.41) is 3.67. The normalized spacial score (nSPS) is 20.5. The van der Waals surface area contributed by atoms with E-state index in [0.717, 1.165) is 51.7 Å². The molecular weight excluding hydrogens is 581 g/mol. The fraction of sp³-hybridized carbons (Fsp3) is 0.826. The zero-order valence-corrected chi connectivity index (χ0v) is 25.0. The Morgan fingerprint density at radius 3 is 2.49 bits per heavy atom. The molecule has 0 bridgehead atoms. The molecule has 1 fully saturated rings. The topological polar surface area (TPSA) is 175 Å². The van der Waals surface area contributed by atoms with Crippen LogP contribution >= 0.6 is 7.82 Å². The second-order valence-electron chi connectivity index (χ2n) is 9.94. The molecule has 1 aromatic rings. The number of unbranched alkanes of at least 4 members (excludes halogenated alkanes) is 5. The third-order valence-corrected chi connectivity index (χ3v) is 7.36. The number of H-pyrrole nitrogens is 1. The number of hydrogen-bond donors (Lipinski definition) is 2. The SMILES string of the molecule is Cc1cn([C@H]2C[C@H](N=[N+]=[N-])[C@@H](COP(=O)(O)OCCCCCCCCN(C)CCN(C)C)O2)c(=O)[nH]c1=O.[Cu+2]. The molecule has 1 unspecified atom stereocenters. The van der Waals surface area contributed by atoms with Gasteiger partial charge in [0, 0.05) is 36.2 Å². The summed E-state index contributed by atoms with van der Waals surface area (Å²) in [5.41, 5.74) is 8.01. The Balaban J connectivity index is 0.00000760. The van der Waals surface area contributed by atoms with Crippen LogP contribution in [0.5, 0.6) is 0 Å². The van der Waals surface area contributed by atoms with E-state index in [1.165, 1.54) is 10.8 Å². The number of rotatable bonds is 18. The maximum absolute atomic E-state index is 12.3. The predicted molar refractivity (Wildman–Crippen MR) is 143 cm³/mol. The molecule has 0 aromatic carbocycles. The Kier molecular flexibility index (Phi) is 16.4. The van der Waals surface area contributed by atoms with Gasteiger partial charge in [-0.05, 0) is 53.0 Å². The number of azide groups is 1. The Morgan fingerprint density at radius 2 is 1.82 bits per heavy atom. The molecule has 0 amide bonds. The Hall–Kier alpha value is -1.50. The van der Waals surface area contributed by atoms with E-state index in [-0.39, 0.29) is 36.7 Å². The zero-order valence-electron chi connectivity index (χ0n) is 23.1. The van der Waals surface area contributed by atoms with Crippen LogP contribution in [0.25, 0.3) is 10.4 Å². The van der Waals surface area contributed by atoms with E-state index in [1.54, 1.807) is 6.92 Å². The van der Waals surface area contributed by atoms with Gasteiger partial charge in [-0.2, -0.15) is 0 Å². The molecule has 16 heteroatoms. The number of aromatic nitrogens is 2. The summed E-state index contributed by atoms with van der Waals surface area (Å²) in [4.78, 5) is 43.3. The van der Waals surface area contributed by atoms with Gasteiger partial charge < -0.3 is 19.4 Å². The van der Waals surface area contributed by atoms with Crippen molar-refractivity contribution in [3.63, 3.8) is 0 Å². The minimum Gasteiger partial charge on any atom is -0.352 e. The molecular formula is C23H42CuN7O7P+2. The number of ether oxygens (including phenoxy) is 1. The molecule has 1 aromatic heterocycles. The number of aromatic amines is 1. The van der Waals surface area contributed by atoms with Gasteiger partial charge in [0.25, 0.3) is 5.56 Å². The van der Waals surface area contributed by atoms with Crippen LogP contribution in [-0.4, -0.2) is 90.4 Å². The van der Waals surface area contributed by atoms with Crippen molar-refractivity contribution in [2.75, 3.05) is 54.0 Å². The van der Waals surface area contributed by atoms with Crippen molar-refractivity contribution in [3.8, 4) is 0 Å². The molecule has 1 aliphatic heterocycles. The van der Waals surface area contributed by atoms with Gasteiger partial charge in [-0.1, -0.05) is 30.8 Å². The second kappa shape index (κ2) is 18.0. The number of aryl methyl sites for hydroxylation is 1. The Labute approximate surface area is 239 Å². The molecule has 0 spiro atoms. The van der Waals surface area contributed by atoms with Crippen molar-refractivity contribution < 1.29 is 40.3 Å². The van der Waals surface area contributed by atoms with E-state index in [0.29, 0.717) is 12.0 Å². The molecule has 225 valence electrons. The van der Waals surface area contributed by atoms with Crippen molar-refractivity contribution >= 4 is 7.82 Å². The molecule has 14 nitrogen and oxygen atoms in total. The number of phosphoric ester groups is 1. The molecule has 1 aliphatic rings. The van der Waals surface area contributed by atoms with E-state index in [2.05, 4.69) is 46.0 Å². The van der Waals surface area contributed by atoms with Crippen LogP contribution < -0.4 is 11.2 Å². The van der Waals surface area contributed by atoms with Crippen LogP contribution in [0.2, 0.25) is 0 Å². The van der Waals surface area contributed by atoms with E-state index in [4.69, 9.17) is 19.3 Å². The maximum Gasteiger partial charge on any atom is 2.00 e. The molecule has 2 heterocycles. The first kappa shape index (κ1) is 35.5. The minimum absolute atomic E-state index is 0. The fourth-order valence-electron chi connectivity index (χ4n) is 4.08. The van der Waals surface area contributed by atoms with Gasteiger partial charge in [0.2, 0.25) is 0 Å². The third kappa shape index (κ3) is 13.1. The van der Waals surface area contributed by atoms with Crippen molar-refractivity contribution in [3.05, 3.63) is 43.0 Å². The Morgan fingerprint density at radius 1 is 1.15 bits per heavy atom. The third-order valence-electron chi connectivity index (χ3n) is 6.38. The van der Waals surface area contributed by atoms with Gasteiger partial charge in [-0.25, -0.2) is 9.36 Å². The largest absolute Gasteiger partial charge is 2.00 e. The monoisotopic (exact) mass is 622 g/mol. The molecule has 2 N–H and O–H groups in total. The standard InChI is InChI=1S/C23H42N7O7P.Cu/c1-18-16-30(23(32)25-22(18)31)21-15-19(26-27-24)20(37-21)17-36-38(33,34)35-14-10-8-6-5-7-9-11-29(4)13-12-28(2)3;/h16,19-21H,5-15,17H2,1-4H3,(H,33,34)(H,25,31,32);/q;+2/t19-,20+,21+;/m0./s1. The summed E-state index contributed by atoms with van der Waals surface area (Å²) in [6.07, 6.45) is 5.72. The summed E-state index contributed by atoms with van der Waals surface area (Å²) in [5.74, 6) is 0. The number of hydrogen-bond acceptors (Lipinski definition) is 9. The van der Waals surface area contributed by atoms with Gasteiger partial charge in [0.15, 0.2) is 0 Å². The van der Waals surface area contributed by atoms with Crippen molar-refractivity contribution in [1.82, 2.24) is 19.4 Å². The van der Waals surface area contributed by atoms with Crippen molar-refractivity contribution in [2.45, 2.75) is 70.2 Å². The average Bonchev–Trinajstić information content (AvgIpc) is 3.25. The molecule has 0 aliphatic carbocycles. The van der Waals surface area contributed by atoms with Crippen LogP contribution in [0.4, 0.5) is 0 Å². The summed E-state index contributed by atoms with van der Waals surface area (Å²) in [6, 6.07) is -0.739. The number of likely N-dealkylation sites (N-methyl/N-ethyl adjacent to an activating group) is 2. The quantitative estimate of drug-likeness (QED) is 0.0622. The first-order valence-electron chi connectivity index (χ1n) is 13.0. The van der Waals surface area contributed by atoms with Crippen LogP contribution in [0.15, 0.2) is 20.9 Å². The van der Waals surface area contributed by atoms with Crippen LogP contribution in [0.1, 0.15) is 56.7 Å². The van der Waals surface area contributed by atoms with E-state index >= 15 is 0 Å². The van der Waals surface area contributed by atoms with Crippen molar-refractivity contribution in [2.24, 2.45) is 5.11 Å². The number of nitrogens with zero attached hydrogens (tertiary/aromatic N) is 6. The van der Waals surface area contributed by atoms with Gasteiger partial charge >= 0.3 is 30.6 Å². The molecule has 4 atom stereocenters.